The Morgan fingerprint density at radius 1 is 1.43 bits per heavy atom. The van der Waals surface area contributed by atoms with Gasteiger partial charge in [-0.3, -0.25) is 9.59 Å². The Hall–Kier alpha value is -1.24. The van der Waals surface area contributed by atoms with Crippen LogP contribution in [-0.2, 0) is 4.79 Å². The van der Waals surface area contributed by atoms with Crippen molar-refractivity contribution in [3.05, 3.63) is 23.8 Å². The zero-order chi connectivity index (χ0) is 16.3. The molecule has 2 amide bonds. The van der Waals surface area contributed by atoms with Crippen molar-refractivity contribution < 1.29 is 9.59 Å². The lowest BCUT2D eigenvalue weighted by atomic mass is 9.90. The summed E-state index contributed by atoms with van der Waals surface area (Å²) < 4.78 is 0. The number of rotatable bonds is 4. The molecular formula is C16H24ClN3O2S. The van der Waals surface area contributed by atoms with E-state index in [-0.39, 0.29) is 29.6 Å². The number of carbonyl (C=O) groups excluding carboxylic acids is 2. The zero-order valence-electron chi connectivity index (χ0n) is 13.7. The van der Waals surface area contributed by atoms with Gasteiger partial charge in [0.05, 0.1) is 5.69 Å². The number of benzene rings is 1. The lowest BCUT2D eigenvalue weighted by molar-refractivity contribution is -0.114. The van der Waals surface area contributed by atoms with Crippen LogP contribution in [0.3, 0.4) is 0 Å². The van der Waals surface area contributed by atoms with Gasteiger partial charge in [-0.15, -0.1) is 24.2 Å². The number of carbonyl (C=O) groups is 2. The van der Waals surface area contributed by atoms with Gasteiger partial charge >= 0.3 is 0 Å². The fourth-order valence-electron chi connectivity index (χ4n) is 2.66. The van der Waals surface area contributed by atoms with E-state index in [9.17, 15) is 9.59 Å². The van der Waals surface area contributed by atoms with Gasteiger partial charge in [-0.1, -0.05) is 6.92 Å². The highest BCUT2D eigenvalue weighted by Crippen LogP contribution is 2.31. The molecule has 128 valence electrons. The molecular weight excluding hydrogens is 334 g/mol. The summed E-state index contributed by atoms with van der Waals surface area (Å²) in [4.78, 5) is 26.6. The van der Waals surface area contributed by atoms with Crippen molar-refractivity contribution in [2.75, 3.05) is 31.2 Å². The first-order valence-electron chi connectivity index (χ1n) is 7.33. The second kappa shape index (κ2) is 8.04. The smallest absolute Gasteiger partial charge is 0.253 e. The first-order valence-corrected chi connectivity index (χ1v) is 8.56. The molecule has 1 heterocycles. The number of likely N-dealkylation sites (tertiary alicyclic amines) is 1. The number of hydrogen-bond donors (Lipinski definition) is 2. The molecule has 5 nitrogen and oxygen atoms in total. The van der Waals surface area contributed by atoms with Crippen molar-refractivity contribution in [3.63, 3.8) is 0 Å². The molecule has 0 radical (unpaired) electrons. The Bertz CT molecular complexity index is 597. The maximum atomic E-state index is 12.6. The quantitative estimate of drug-likeness (QED) is 0.812. The van der Waals surface area contributed by atoms with Gasteiger partial charge in [-0.25, -0.2) is 0 Å². The topological polar surface area (TPSA) is 75.4 Å². The average Bonchev–Trinajstić information content (AvgIpc) is 2.89. The highest BCUT2D eigenvalue weighted by molar-refractivity contribution is 7.98. The number of amides is 2. The van der Waals surface area contributed by atoms with Crippen molar-refractivity contribution in [3.8, 4) is 0 Å². The summed E-state index contributed by atoms with van der Waals surface area (Å²) in [5.74, 6) is -0.0884. The van der Waals surface area contributed by atoms with Crippen molar-refractivity contribution in [2.24, 2.45) is 11.1 Å². The Kier molecular flexibility index (Phi) is 6.92. The van der Waals surface area contributed by atoms with E-state index >= 15 is 0 Å². The fraction of sp³-hybridized carbons (Fsp3) is 0.500. The molecule has 7 heteroatoms. The van der Waals surface area contributed by atoms with Crippen molar-refractivity contribution in [2.45, 2.75) is 25.2 Å². The van der Waals surface area contributed by atoms with Gasteiger partial charge in [0.1, 0.15) is 0 Å². The van der Waals surface area contributed by atoms with Crippen molar-refractivity contribution in [1.82, 2.24) is 4.90 Å². The van der Waals surface area contributed by atoms with Crippen LogP contribution in [0.2, 0.25) is 0 Å². The van der Waals surface area contributed by atoms with Crippen LogP contribution in [0.5, 0.6) is 0 Å². The van der Waals surface area contributed by atoms with Crippen LogP contribution in [0.15, 0.2) is 23.1 Å². The zero-order valence-corrected chi connectivity index (χ0v) is 15.4. The molecule has 2 rings (SSSR count). The van der Waals surface area contributed by atoms with Gasteiger partial charge in [0, 0.05) is 30.5 Å². The minimum Gasteiger partial charge on any atom is -0.338 e. The van der Waals surface area contributed by atoms with E-state index in [1.807, 2.05) is 17.2 Å². The lowest BCUT2D eigenvalue weighted by Gasteiger charge is -2.23. The molecule has 0 aromatic heterocycles. The van der Waals surface area contributed by atoms with E-state index in [1.54, 1.807) is 12.1 Å². The number of nitrogens with one attached hydrogen (secondary N) is 1. The third-order valence-corrected chi connectivity index (χ3v) is 4.87. The molecule has 0 bridgehead atoms. The van der Waals surface area contributed by atoms with Crippen molar-refractivity contribution in [1.29, 1.82) is 0 Å². The molecule has 1 fully saturated rings. The summed E-state index contributed by atoms with van der Waals surface area (Å²) in [5, 5.41) is 2.78. The maximum absolute atomic E-state index is 12.6. The summed E-state index contributed by atoms with van der Waals surface area (Å²) in [5.41, 5.74) is 7.21. The maximum Gasteiger partial charge on any atom is 0.253 e. The first-order chi connectivity index (χ1) is 10.4. The molecule has 1 saturated heterocycles. The number of nitrogens with zero attached hydrogens (tertiary/aromatic N) is 1. The highest BCUT2D eigenvalue weighted by Gasteiger charge is 2.35. The third-order valence-electron chi connectivity index (χ3n) is 4.10. The van der Waals surface area contributed by atoms with Gasteiger partial charge in [0.25, 0.3) is 5.91 Å². The van der Waals surface area contributed by atoms with E-state index in [0.717, 1.165) is 23.5 Å². The van der Waals surface area contributed by atoms with E-state index in [2.05, 4.69) is 12.2 Å². The first kappa shape index (κ1) is 19.8. The van der Waals surface area contributed by atoms with E-state index < -0.39 is 0 Å². The third kappa shape index (κ3) is 4.62. The summed E-state index contributed by atoms with van der Waals surface area (Å²) in [6, 6.07) is 5.40. The number of thioether (sulfide) groups is 1. The molecule has 1 aliphatic heterocycles. The number of anilines is 1. The monoisotopic (exact) mass is 357 g/mol. The summed E-state index contributed by atoms with van der Waals surface area (Å²) in [7, 11) is 0. The molecule has 3 N–H and O–H groups in total. The highest BCUT2D eigenvalue weighted by atomic mass is 35.5. The standard InChI is InChI=1S/C16H23N3O2S.ClH/c1-11(20)18-13-5-4-12(8-14(13)22-3)15(21)19-7-6-16(2,9-17)10-19;/h4-5,8H,6-7,9-10,17H2,1-3H3,(H,18,20);1H. The lowest BCUT2D eigenvalue weighted by Crippen LogP contribution is -2.34. The van der Waals surface area contributed by atoms with E-state index in [1.165, 1.54) is 18.7 Å². The van der Waals surface area contributed by atoms with Gasteiger partial charge < -0.3 is 16.0 Å². The molecule has 0 spiro atoms. The van der Waals surface area contributed by atoms with Crippen LogP contribution >= 0.6 is 24.2 Å². The van der Waals surface area contributed by atoms with E-state index in [0.29, 0.717) is 18.7 Å². The number of hydrogen-bond acceptors (Lipinski definition) is 4. The molecule has 1 aromatic rings. The summed E-state index contributed by atoms with van der Waals surface area (Å²) in [6.07, 6.45) is 2.87. The van der Waals surface area contributed by atoms with Gasteiger partial charge in [-0.05, 0) is 42.8 Å². The largest absolute Gasteiger partial charge is 0.338 e. The molecule has 23 heavy (non-hydrogen) atoms. The second-order valence-electron chi connectivity index (χ2n) is 6.09. The summed E-state index contributed by atoms with van der Waals surface area (Å²) >= 11 is 1.51. The predicted molar refractivity (Wildman–Crippen MR) is 97.5 cm³/mol. The van der Waals surface area contributed by atoms with E-state index in [4.69, 9.17) is 5.73 Å². The molecule has 1 aliphatic rings. The Morgan fingerprint density at radius 3 is 2.65 bits per heavy atom. The average molecular weight is 358 g/mol. The van der Waals surface area contributed by atoms with Crippen LogP contribution in [0, 0.1) is 5.41 Å². The van der Waals surface area contributed by atoms with Gasteiger partial charge in [0.2, 0.25) is 5.91 Å². The van der Waals surface area contributed by atoms with Gasteiger partial charge in [0.15, 0.2) is 0 Å². The van der Waals surface area contributed by atoms with Crippen LogP contribution in [-0.4, -0.2) is 42.6 Å². The van der Waals surface area contributed by atoms with Crippen LogP contribution in [0.4, 0.5) is 5.69 Å². The predicted octanol–water partition coefficient (Wildman–Crippen LogP) is 2.60. The number of nitrogens with two attached hydrogens (primary N) is 1. The molecule has 1 unspecified atom stereocenters. The minimum atomic E-state index is -0.118. The Balaban J connectivity index is 0.00000264. The van der Waals surface area contributed by atoms with Crippen LogP contribution in [0.25, 0.3) is 0 Å². The Labute approximate surface area is 147 Å². The number of halogens is 1. The normalized spacial score (nSPS) is 20.1. The van der Waals surface area contributed by atoms with Crippen LogP contribution < -0.4 is 11.1 Å². The summed E-state index contributed by atoms with van der Waals surface area (Å²) in [6.45, 7) is 5.63. The minimum absolute atomic E-state index is 0. The van der Waals surface area contributed by atoms with Gasteiger partial charge in [-0.2, -0.15) is 0 Å². The molecule has 1 atom stereocenters. The molecule has 1 aromatic carbocycles. The fourth-order valence-corrected chi connectivity index (χ4v) is 3.25. The molecule has 0 aliphatic carbocycles. The van der Waals surface area contributed by atoms with Crippen molar-refractivity contribution >= 4 is 41.7 Å². The molecule has 0 saturated carbocycles. The Morgan fingerprint density at radius 2 is 2.13 bits per heavy atom. The van der Waals surface area contributed by atoms with Crippen LogP contribution in [0.1, 0.15) is 30.6 Å². The second-order valence-corrected chi connectivity index (χ2v) is 6.94. The SMILES string of the molecule is CSc1cc(C(=O)N2CCC(C)(CN)C2)ccc1NC(C)=O.Cl.